The summed E-state index contributed by atoms with van der Waals surface area (Å²) in [5.41, 5.74) is 7.93. The van der Waals surface area contributed by atoms with E-state index in [1.807, 2.05) is 0 Å². The molecule has 4 atom stereocenters. The first-order valence-corrected chi connectivity index (χ1v) is 39.5. The minimum absolute atomic E-state index is 0.00500. The van der Waals surface area contributed by atoms with E-state index in [1.165, 1.54) is 0 Å². The Hall–Kier alpha value is -3.12. The number of ether oxygens (including phenoxy) is 4. The molecule has 0 fully saturated rings. The van der Waals surface area contributed by atoms with Crippen LogP contribution >= 0.6 is 0 Å². The third-order valence-electron chi connectivity index (χ3n) is 16.8. The lowest BCUT2D eigenvalue weighted by Gasteiger charge is -2.35. The van der Waals surface area contributed by atoms with Gasteiger partial charge in [0.15, 0.2) is 0 Å². The molecule has 4 N–H and O–H groups in total. The Labute approximate surface area is 620 Å². The molecule has 0 aliphatic heterocycles. The Kier molecular flexibility index (Phi) is 57.2. The molecule has 0 aliphatic rings. The van der Waals surface area contributed by atoms with E-state index in [0.717, 1.165) is 97.1 Å². The first-order valence-electron chi connectivity index (χ1n) is 39.5. The Morgan fingerprint density at radius 3 is 0.495 bits per heavy atom. The van der Waals surface area contributed by atoms with Crippen molar-refractivity contribution in [3.8, 4) is 0 Å². The lowest BCUT2D eigenvalue weighted by Crippen LogP contribution is -2.46. The normalized spacial score (nSPS) is 16.0. The van der Waals surface area contributed by atoms with Crippen molar-refractivity contribution in [2.24, 2.45) is 92.7 Å². The fourth-order valence-electron chi connectivity index (χ4n) is 12.8. The third-order valence-corrected chi connectivity index (χ3v) is 16.8. The number of aliphatic imine (C=N–C) groups is 8. The zero-order valence-electron chi connectivity index (χ0n) is 69.7. The van der Waals surface area contributed by atoms with E-state index in [-0.39, 0.29) is 52.9 Å². The maximum atomic E-state index is 12.0. The van der Waals surface area contributed by atoms with Crippen LogP contribution in [0.3, 0.4) is 0 Å². The van der Waals surface area contributed by atoms with Crippen molar-refractivity contribution < 1.29 is 39.4 Å². The summed E-state index contributed by atoms with van der Waals surface area (Å²) in [4.78, 5) is 48.2. The van der Waals surface area contributed by atoms with Gasteiger partial charge in [0.05, 0.1) is 135 Å². The van der Waals surface area contributed by atoms with Crippen LogP contribution in [0.25, 0.3) is 0 Å². The Morgan fingerprint density at radius 1 is 0.248 bits per heavy atom. The highest BCUT2D eigenvalue weighted by Crippen LogP contribution is 2.23. The van der Waals surface area contributed by atoms with Crippen LogP contribution < -0.4 is 0 Å². The van der Waals surface area contributed by atoms with Gasteiger partial charge < -0.3 is 39.4 Å². The minimum atomic E-state index is -1.04. The van der Waals surface area contributed by atoms with Crippen molar-refractivity contribution in [2.45, 2.75) is 242 Å². The average molecular weight is 1430 g/mol. The molecule has 0 saturated carbocycles. The highest BCUT2D eigenvalue weighted by atomic mass is 16.5. The summed E-state index contributed by atoms with van der Waals surface area (Å²) < 4.78 is 26.7. The van der Waals surface area contributed by atoms with Gasteiger partial charge in [-0.05, 0) is 154 Å². The largest absolute Gasteiger partial charge is 0.389 e. The molecule has 0 rings (SSSR count). The molecule has 0 saturated heterocycles. The van der Waals surface area contributed by atoms with E-state index in [9.17, 15) is 20.4 Å². The van der Waals surface area contributed by atoms with Crippen molar-refractivity contribution >= 4 is 45.7 Å². The van der Waals surface area contributed by atoms with E-state index in [2.05, 4.69) is 186 Å². The van der Waals surface area contributed by atoms with Crippen LogP contribution in [0.2, 0.25) is 0 Å². The molecule has 0 radical (unpaired) electrons. The lowest BCUT2D eigenvalue weighted by molar-refractivity contribution is -0.134. The number of hydrogen-bond acceptors (Lipinski definition) is 20. The van der Waals surface area contributed by atoms with Gasteiger partial charge in [-0.25, -0.2) is 0 Å². The maximum absolute atomic E-state index is 12.0. The Balaban J connectivity index is 7.69. The number of aliphatic hydroxyl groups excluding tert-OH is 4. The van der Waals surface area contributed by atoms with E-state index in [1.54, 1.807) is 0 Å². The van der Waals surface area contributed by atoms with Gasteiger partial charge in [0.1, 0.15) is 0 Å². The molecule has 0 heterocycles. The molecule has 101 heavy (non-hydrogen) atoms. The third kappa shape index (κ3) is 59.7. The predicted molar refractivity (Wildman–Crippen MR) is 435 cm³/mol. The molecule has 0 aromatic carbocycles. The number of aliphatic hydroxyl groups is 4. The zero-order chi connectivity index (χ0) is 76.3. The SMILES string of the molecule is C/C(CC(C)C)=N/CCN(CC/N=C(\C)CC(C)C)CC(O)COCC(COCC(O)CN(CC/N=C(/C)CC(C)C)CC/N=C(\C)CC(C)C)(COCC(O)CN(CC/N=C(\C)CC(C)C)CC/N=C(\C)CC(C)C)COCC(O)CN(CC/N=C(\C)CC(C)C)CC/N=C(\C)CC(C)C. The second-order valence-corrected chi connectivity index (χ2v) is 33.1. The van der Waals surface area contributed by atoms with Gasteiger partial charge in [-0.1, -0.05) is 111 Å². The summed E-state index contributed by atoms with van der Waals surface area (Å²) in [6, 6.07) is 0. The van der Waals surface area contributed by atoms with E-state index < -0.39 is 29.8 Å². The van der Waals surface area contributed by atoms with Crippen molar-refractivity contribution in [3.05, 3.63) is 0 Å². The number of hydrogen-bond donors (Lipinski definition) is 4. The summed E-state index contributed by atoms with van der Waals surface area (Å²) in [7, 11) is 0. The summed E-state index contributed by atoms with van der Waals surface area (Å²) >= 11 is 0. The number of nitrogens with zero attached hydrogens (tertiary/aromatic N) is 12. The van der Waals surface area contributed by atoms with Crippen LogP contribution in [0.5, 0.6) is 0 Å². The zero-order valence-corrected chi connectivity index (χ0v) is 69.7. The van der Waals surface area contributed by atoms with Crippen molar-refractivity contribution in [3.63, 3.8) is 0 Å². The molecular weight excluding hydrogens is 1270 g/mol. The van der Waals surface area contributed by atoms with Crippen LogP contribution in [-0.2, 0) is 18.9 Å². The highest BCUT2D eigenvalue weighted by Gasteiger charge is 2.35. The molecule has 0 aromatic rings. The second-order valence-electron chi connectivity index (χ2n) is 33.1. The van der Waals surface area contributed by atoms with Gasteiger partial charge in [-0.15, -0.1) is 0 Å². The molecular formula is C81H160N12O8. The van der Waals surface area contributed by atoms with E-state index >= 15 is 0 Å². The van der Waals surface area contributed by atoms with Crippen molar-refractivity contribution in [1.82, 2.24) is 19.6 Å². The predicted octanol–water partition coefficient (Wildman–Crippen LogP) is 12.7. The standard InChI is InChI=1S/C81H160N12O8/c1-61(2)41-69(17)82-25-33-90(34-26-83-70(18)42-62(3)4)49-77(94)53-98-57-81(58-99-54-78(95)50-91(35-27-84-71(19)43-63(5)6)36-28-85-72(20)44-64(7)8,59-100-55-79(96)51-92(37-29-86-73(21)45-65(9)10)38-30-87-74(22)46-66(11)12)60-101-56-80(97)52-93(39-31-88-75(23)47-67(13)14)40-32-89-76(24)48-68(15)16/h61-68,77-80,94-97H,25-60H2,1-24H3/b82-69-,83-70+,84-71-,85-72+,86-73+,87-74+,88-75+,89-76+. The van der Waals surface area contributed by atoms with Crippen LogP contribution in [0.4, 0.5) is 0 Å². The van der Waals surface area contributed by atoms with E-state index in [0.29, 0.717) is 178 Å². The summed E-state index contributed by atoms with van der Waals surface area (Å²) in [5.74, 6) is 4.09. The quantitative estimate of drug-likeness (QED) is 0.0417. The van der Waals surface area contributed by atoms with E-state index in [4.69, 9.17) is 58.9 Å². The first kappa shape index (κ1) is 97.9. The Morgan fingerprint density at radius 2 is 0.376 bits per heavy atom. The second kappa shape index (κ2) is 59.0. The fraction of sp³-hybridized carbons (Fsp3) is 0.901. The first-order chi connectivity index (χ1) is 47.5. The van der Waals surface area contributed by atoms with Crippen LogP contribution in [0.1, 0.15) is 218 Å². The molecule has 20 heteroatoms. The maximum Gasteiger partial charge on any atom is 0.0900 e. The molecule has 592 valence electrons. The van der Waals surface area contributed by atoms with Gasteiger partial charge in [0, 0.05) is 124 Å². The van der Waals surface area contributed by atoms with Gasteiger partial charge in [0.2, 0.25) is 0 Å². The molecule has 0 amide bonds. The van der Waals surface area contributed by atoms with Gasteiger partial charge in [-0.3, -0.25) is 59.5 Å². The topological polar surface area (TPSA) is 230 Å². The lowest BCUT2D eigenvalue weighted by atomic mass is 9.92. The molecule has 0 spiro atoms. The van der Waals surface area contributed by atoms with Crippen LogP contribution in [0, 0.1) is 52.8 Å². The van der Waals surface area contributed by atoms with Crippen molar-refractivity contribution in [2.75, 3.05) is 184 Å². The molecule has 4 unspecified atom stereocenters. The smallest absolute Gasteiger partial charge is 0.0900 e. The van der Waals surface area contributed by atoms with Crippen molar-refractivity contribution in [1.29, 1.82) is 0 Å². The molecule has 20 nitrogen and oxygen atoms in total. The summed E-state index contributed by atoms with van der Waals surface area (Å²) in [6.07, 6.45) is 4.03. The van der Waals surface area contributed by atoms with Crippen LogP contribution in [0.15, 0.2) is 39.9 Å². The summed E-state index contributed by atoms with van der Waals surface area (Å²) in [6.45, 7) is 63.8. The minimum Gasteiger partial charge on any atom is -0.389 e. The van der Waals surface area contributed by atoms with Crippen LogP contribution in [-0.4, -0.2) is 294 Å². The number of rotatable bonds is 64. The van der Waals surface area contributed by atoms with Gasteiger partial charge in [-0.2, -0.15) is 0 Å². The fourth-order valence-corrected chi connectivity index (χ4v) is 12.8. The monoisotopic (exact) mass is 1430 g/mol. The summed E-state index contributed by atoms with van der Waals surface area (Å²) in [5, 5.41) is 47.8. The Bertz CT molecular complexity index is 1900. The van der Waals surface area contributed by atoms with Gasteiger partial charge in [0.25, 0.3) is 0 Å². The average Bonchev–Trinajstić information content (AvgIpc) is 0.861. The molecule has 0 aromatic heterocycles. The highest BCUT2D eigenvalue weighted by molar-refractivity contribution is 5.84. The van der Waals surface area contributed by atoms with Gasteiger partial charge >= 0.3 is 0 Å². The molecule has 0 aliphatic carbocycles. The molecule has 0 bridgehead atoms.